The normalized spacial score (nSPS) is 12.5. The van der Waals surface area contributed by atoms with Crippen molar-refractivity contribution in [3.05, 3.63) is 29.5 Å². The first kappa shape index (κ1) is 12.6. The van der Waals surface area contributed by atoms with E-state index < -0.39 is 6.10 Å². The van der Waals surface area contributed by atoms with Gasteiger partial charge in [-0.25, -0.2) is 4.98 Å². The third kappa shape index (κ3) is 2.11. The van der Waals surface area contributed by atoms with Crippen LogP contribution in [0, 0.1) is 6.92 Å². The first-order valence-corrected chi connectivity index (χ1v) is 5.78. The van der Waals surface area contributed by atoms with E-state index in [0.717, 1.165) is 22.2 Å². The number of aryl methyl sites for hydroxylation is 1. The predicted molar refractivity (Wildman–Crippen MR) is 70.2 cm³/mol. The van der Waals surface area contributed by atoms with Gasteiger partial charge >= 0.3 is 0 Å². The quantitative estimate of drug-likeness (QED) is 0.905. The summed E-state index contributed by atoms with van der Waals surface area (Å²) in [5.74, 6) is 1.34. The van der Waals surface area contributed by atoms with Gasteiger partial charge in [0.2, 0.25) is 0 Å². The second-order valence-electron chi connectivity index (χ2n) is 4.25. The molecule has 1 atom stereocenters. The van der Waals surface area contributed by atoms with Crippen LogP contribution in [0.2, 0.25) is 0 Å². The molecular weight excluding hydrogens is 230 g/mol. The van der Waals surface area contributed by atoms with E-state index >= 15 is 0 Å². The first-order valence-electron chi connectivity index (χ1n) is 5.78. The number of benzene rings is 1. The van der Waals surface area contributed by atoms with E-state index in [1.54, 1.807) is 27.2 Å². The van der Waals surface area contributed by atoms with Gasteiger partial charge in [-0.15, -0.1) is 0 Å². The van der Waals surface area contributed by atoms with Gasteiger partial charge in [-0.2, -0.15) is 0 Å². The van der Waals surface area contributed by atoms with E-state index in [9.17, 15) is 5.11 Å². The van der Waals surface area contributed by atoms with Gasteiger partial charge in [-0.05, 0) is 31.5 Å². The smallest absolute Gasteiger partial charge is 0.148 e. The van der Waals surface area contributed by atoms with Crippen molar-refractivity contribution in [1.29, 1.82) is 0 Å². The summed E-state index contributed by atoms with van der Waals surface area (Å²) in [5, 5.41) is 10.7. The zero-order valence-corrected chi connectivity index (χ0v) is 11.0. The number of hydrogen-bond acceptors (Lipinski definition) is 4. The molecule has 1 heterocycles. The molecule has 0 bridgehead atoms. The highest BCUT2D eigenvalue weighted by Gasteiger charge is 2.14. The van der Waals surface area contributed by atoms with E-state index in [0.29, 0.717) is 11.5 Å². The van der Waals surface area contributed by atoms with Gasteiger partial charge in [-0.1, -0.05) is 0 Å². The molecule has 0 radical (unpaired) electrons. The van der Waals surface area contributed by atoms with Gasteiger partial charge in [0.15, 0.2) is 0 Å². The molecule has 0 spiro atoms. The summed E-state index contributed by atoms with van der Waals surface area (Å²) >= 11 is 0. The molecule has 0 aliphatic carbocycles. The number of nitrogens with zero attached hydrogens (tertiary/aromatic N) is 1. The second kappa shape index (κ2) is 4.82. The molecule has 1 N–H and O–H groups in total. The number of rotatable bonds is 3. The van der Waals surface area contributed by atoms with Crippen LogP contribution in [0.5, 0.6) is 11.5 Å². The lowest BCUT2D eigenvalue weighted by atomic mass is 10.0. The van der Waals surface area contributed by atoms with Crippen LogP contribution < -0.4 is 9.47 Å². The van der Waals surface area contributed by atoms with Crippen LogP contribution in [0.25, 0.3) is 10.9 Å². The van der Waals surface area contributed by atoms with Crippen LogP contribution in [-0.4, -0.2) is 24.3 Å². The van der Waals surface area contributed by atoms with Crippen LogP contribution in [0.15, 0.2) is 18.2 Å². The third-order valence-corrected chi connectivity index (χ3v) is 2.92. The van der Waals surface area contributed by atoms with E-state index in [1.165, 1.54) is 0 Å². The van der Waals surface area contributed by atoms with Crippen molar-refractivity contribution >= 4 is 10.9 Å². The number of methoxy groups -OCH3 is 2. The maximum atomic E-state index is 9.86. The molecule has 0 aliphatic rings. The van der Waals surface area contributed by atoms with Crippen LogP contribution in [-0.2, 0) is 0 Å². The Bertz CT molecular complexity index is 579. The Labute approximate surface area is 106 Å². The van der Waals surface area contributed by atoms with E-state index in [2.05, 4.69) is 4.98 Å². The highest BCUT2D eigenvalue weighted by Crippen LogP contribution is 2.34. The molecule has 2 aromatic rings. The van der Waals surface area contributed by atoms with Gasteiger partial charge in [-0.3, -0.25) is 0 Å². The molecule has 0 fully saturated rings. The van der Waals surface area contributed by atoms with Crippen LogP contribution >= 0.6 is 0 Å². The fourth-order valence-electron chi connectivity index (χ4n) is 2.05. The molecule has 4 heteroatoms. The van der Waals surface area contributed by atoms with Crippen molar-refractivity contribution < 1.29 is 14.6 Å². The fourth-order valence-corrected chi connectivity index (χ4v) is 2.05. The zero-order valence-electron chi connectivity index (χ0n) is 11.0. The highest BCUT2D eigenvalue weighted by molar-refractivity contribution is 5.89. The summed E-state index contributed by atoms with van der Waals surface area (Å²) in [4.78, 5) is 4.47. The predicted octanol–water partition coefficient (Wildman–Crippen LogP) is 2.61. The summed E-state index contributed by atoms with van der Waals surface area (Å²) in [6, 6.07) is 5.54. The molecule has 4 nitrogen and oxygen atoms in total. The Kier molecular flexibility index (Phi) is 3.39. The minimum absolute atomic E-state index is 0.564. The van der Waals surface area contributed by atoms with Crippen molar-refractivity contribution in [1.82, 2.24) is 4.98 Å². The Morgan fingerprint density at radius 1 is 1.17 bits per heavy atom. The van der Waals surface area contributed by atoms with Crippen molar-refractivity contribution in [3.8, 4) is 11.5 Å². The summed E-state index contributed by atoms with van der Waals surface area (Å²) in [7, 11) is 3.20. The molecule has 18 heavy (non-hydrogen) atoms. The Balaban J connectivity index is 2.85. The molecule has 1 unspecified atom stereocenters. The molecular formula is C14H17NO3. The van der Waals surface area contributed by atoms with E-state index in [-0.39, 0.29) is 0 Å². The van der Waals surface area contributed by atoms with Gasteiger partial charge in [0.05, 0.1) is 20.3 Å². The number of aliphatic hydroxyl groups excluding tert-OH is 1. The Hall–Kier alpha value is -1.81. The third-order valence-electron chi connectivity index (χ3n) is 2.92. The first-order chi connectivity index (χ1) is 8.56. The lowest BCUT2D eigenvalue weighted by molar-refractivity contribution is 0.200. The number of fused-ring (bicyclic) bond motifs is 1. The second-order valence-corrected chi connectivity index (χ2v) is 4.25. The maximum Gasteiger partial charge on any atom is 0.148 e. The van der Waals surface area contributed by atoms with Gasteiger partial charge in [0, 0.05) is 17.1 Å². The number of ether oxygens (including phenoxy) is 2. The molecule has 0 aliphatic heterocycles. The van der Waals surface area contributed by atoms with Crippen LogP contribution in [0.4, 0.5) is 0 Å². The van der Waals surface area contributed by atoms with Crippen LogP contribution in [0.1, 0.15) is 24.3 Å². The molecule has 1 aromatic carbocycles. The summed E-state index contributed by atoms with van der Waals surface area (Å²) in [6.07, 6.45) is -0.564. The summed E-state index contributed by atoms with van der Waals surface area (Å²) < 4.78 is 10.6. The molecule has 0 amide bonds. The zero-order chi connectivity index (χ0) is 13.3. The Morgan fingerprint density at radius 3 is 2.44 bits per heavy atom. The summed E-state index contributed by atoms with van der Waals surface area (Å²) in [6.45, 7) is 3.63. The van der Waals surface area contributed by atoms with Gasteiger partial charge < -0.3 is 14.6 Å². The van der Waals surface area contributed by atoms with Gasteiger partial charge in [0.25, 0.3) is 0 Å². The lowest BCUT2D eigenvalue weighted by Crippen LogP contribution is -1.99. The fraction of sp³-hybridized carbons (Fsp3) is 0.357. The molecule has 1 aromatic heterocycles. The minimum Gasteiger partial charge on any atom is -0.497 e. The van der Waals surface area contributed by atoms with Crippen molar-refractivity contribution in [2.75, 3.05) is 14.2 Å². The summed E-state index contributed by atoms with van der Waals surface area (Å²) in [5.41, 5.74) is 2.42. The topological polar surface area (TPSA) is 51.6 Å². The van der Waals surface area contributed by atoms with Crippen LogP contribution in [0.3, 0.4) is 0 Å². The number of aliphatic hydroxyl groups is 1. The number of aromatic nitrogens is 1. The molecule has 2 rings (SSSR count). The molecule has 0 saturated heterocycles. The average Bonchev–Trinajstić information content (AvgIpc) is 2.36. The van der Waals surface area contributed by atoms with Crippen molar-refractivity contribution in [2.24, 2.45) is 0 Å². The van der Waals surface area contributed by atoms with Crippen molar-refractivity contribution in [3.63, 3.8) is 0 Å². The number of pyridine rings is 1. The standard InChI is InChI=1S/C14H17NO3/c1-8-5-11(9(2)16)12-6-10(17-3)7-13(18-4)14(12)15-8/h5-7,9,16H,1-4H3. The number of hydrogen-bond donors (Lipinski definition) is 1. The largest absolute Gasteiger partial charge is 0.497 e. The maximum absolute atomic E-state index is 9.86. The Morgan fingerprint density at radius 2 is 1.89 bits per heavy atom. The van der Waals surface area contributed by atoms with E-state index in [1.807, 2.05) is 19.1 Å². The molecule has 0 saturated carbocycles. The SMILES string of the molecule is COc1cc(OC)c2nc(C)cc(C(C)O)c2c1. The highest BCUT2D eigenvalue weighted by atomic mass is 16.5. The monoisotopic (exact) mass is 247 g/mol. The average molecular weight is 247 g/mol. The van der Waals surface area contributed by atoms with Gasteiger partial charge in [0.1, 0.15) is 17.0 Å². The van der Waals surface area contributed by atoms with E-state index in [4.69, 9.17) is 9.47 Å². The van der Waals surface area contributed by atoms with Crippen molar-refractivity contribution in [2.45, 2.75) is 20.0 Å². The lowest BCUT2D eigenvalue weighted by Gasteiger charge is -2.14. The molecule has 96 valence electrons. The minimum atomic E-state index is -0.564.